The molecule has 2 aromatic rings. The molecule has 0 fully saturated rings. The Bertz CT molecular complexity index is 471. The van der Waals surface area contributed by atoms with E-state index in [-0.39, 0.29) is 5.82 Å². The fourth-order valence-electron chi connectivity index (χ4n) is 1.51. The Morgan fingerprint density at radius 1 is 1.41 bits per heavy atom. The molecule has 0 spiro atoms. The van der Waals surface area contributed by atoms with Crippen LogP contribution in [0.2, 0.25) is 0 Å². The average molecular weight is 251 g/mol. The van der Waals surface area contributed by atoms with Gasteiger partial charge in [-0.25, -0.2) is 9.37 Å². The molecular weight excluding hydrogens is 237 g/mol. The molecule has 0 saturated heterocycles. The van der Waals surface area contributed by atoms with Gasteiger partial charge in [0.15, 0.2) is 0 Å². The minimum atomic E-state index is -0.258. The molecule has 0 bridgehead atoms. The molecular formula is C12H14FN3S. The first kappa shape index (κ1) is 12.0. The summed E-state index contributed by atoms with van der Waals surface area (Å²) < 4.78 is 13.4. The van der Waals surface area contributed by atoms with Gasteiger partial charge in [0.25, 0.3) is 0 Å². The number of nitrogen functional groups attached to an aromatic ring is 1. The van der Waals surface area contributed by atoms with Crippen molar-refractivity contribution in [1.82, 2.24) is 10.3 Å². The minimum absolute atomic E-state index is 0.258. The summed E-state index contributed by atoms with van der Waals surface area (Å²) in [5.41, 5.74) is 9.45. The molecule has 0 aliphatic rings. The van der Waals surface area contributed by atoms with Crippen molar-refractivity contribution in [2.75, 3.05) is 12.3 Å². The van der Waals surface area contributed by atoms with Crippen LogP contribution in [0.15, 0.2) is 29.1 Å². The first-order chi connectivity index (χ1) is 8.25. The summed E-state index contributed by atoms with van der Waals surface area (Å²) in [7, 11) is 0. The van der Waals surface area contributed by atoms with Crippen LogP contribution in [0.25, 0.3) is 0 Å². The molecule has 3 nitrogen and oxygen atoms in total. The van der Waals surface area contributed by atoms with Crippen LogP contribution in [0.3, 0.4) is 0 Å². The number of thiazole rings is 1. The molecule has 2 rings (SSSR count). The van der Waals surface area contributed by atoms with Crippen molar-refractivity contribution in [3.05, 3.63) is 46.2 Å². The maximum atomic E-state index is 13.4. The Hall–Kier alpha value is -1.46. The standard InChI is InChI=1S/C12H14FN3S/c13-12-5-10(14)2-1-9(12)6-15-4-3-11-7-17-8-16-11/h1-2,5,7-8,15H,3-4,6,14H2. The highest BCUT2D eigenvalue weighted by atomic mass is 32.1. The van der Waals surface area contributed by atoms with Crippen LogP contribution in [0.1, 0.15) is 11.3 Å². The third kappa shape index (κ3) is 3.51. The number of benzene rings is 1. The SMILES string of the molecule is Nc1ccc(CNCCc2cscn2)c(F)c1. The summed E-state index contributed by atoms with van der Waals surface area (Å²) in [6.07, 6.45) is 0.861. The van der Waals surface area contributed by atoms with Crippen molar-refractivity contribution in [2.24, 2.45) is 0 Å². The zero-order valence-electron chi connectivity index (χ0n) is 9.32. The predicted octanol–water partition coefficient (Wildman–Crippen LogP) is 2.20. The summed E-state index contributed by atoms with van der Waals surface area (Å²) >= 11 is 1.59. The number of nitrogens with two attached hydrogens (primary N) is 1. The van der Waals surface area contributed by atoms with E-state index in [9.17, 15) is 4.39 Å². The van der Waals surface area contributed by atoms with E-state index in [1.807, 2.05) is 10.9 Å². The van der Waals surface area contributed by atoms with Crippen molar-refractivity contribution in [3.63, 3.8) is 0 Å². The van der Waals surface area contributed by atoms with E-state index in [4.69, 9.17) is 5.73 Å². The monoisotopic (exact) mass is 251 g/mol. The van der Waals surface area contributed by atoms with Crippen LogP contribution in [0.5, 0.6) is 0 Å². The van der Waals surface area contributed by atoms with Gasteiger partial charge in [0.2, 0.25) is 0 Å². The van der Waals surface area contributed by atoms with E-state index in [0.29, 0.717) is 17.8 Å². The Kier molecular flexibility index (Phi) is 4.06. The lowest BCUT2D eigenvalue weighted by molar-refractivity contribution is 0.588. The second-order valence-electron chi connectivity index (χ2n) is 3.76. The largest absolute Gasteiger partial charge is 0.399 e. The molecule has 5 heteroatoms. The molecule has 0 saturated carbocycles. The Morgan fingerprint density at radius 2 is 2.29 bits per heavy atom. The molecule has 90 valence electrons. The molecule has 0 aliphatic carbocycles. The van der Waals surface area contributed by atoms with Gasteiger partial charge >= 0.3 is 0 Å². The van der Waals surface area contributed by atoms with Gasteiger partial charge < -0.3 is 11.1 Å². The van der Waals surface area contributed by atoms with Gasteiger partial charge in [-0.15, -0.1) is 11.3 Å². The molecule has 0 atom stereocenters. The van der Waals surface area contributed by atoms with E-state index in [2.05, 4.69) is 10.3 Å². The molecule has 0 radical (unpaired) electrons. The van der Waals surface area contributed by atoms with E-state index < -0.39 is 0 Å². The van der Waals surface area contributed by atoms with Gasteiger partial charge in [-0.2, -0.15) is 0 Å². The molecule has 17 heavy (non-hydrogen) atoms. The number of aromatic nitrogens is 1. The summed E-state index contributed by atoms with van der Waals surface area (Å²) in [5, 5.41) is 5.20. The van der Waals surface area contributed by atoms with Gasteiger partial charge in [0.1, 0.15) is 5.82 Å². The lowest BCUT2D eigenvalue weighted by atomic mass is 10.2. The second-order valence-corrected chi connectivity index (χ2v) is 4.48. The number of nitrogens with zero attached hydrogens (tertiary/aromatic N) is 1. The van der Waals surface area contributed by atoms with Crippen LogP contribution in [-0.2, 0) is 13.0 Å². The fourth-order valence-corrected chi connectivity index (χ4v) is 2.10. The fraction of sp³-hybridized carbons (Fsp3) is 0.250. The van der Waals surface area contributed by atoms with Crippen LogP contribution in [0.4, 0.5) is 10.1 Å². The van der Waals surface area contributed by atoms with Crippen molar-refractivity contribution in [1.29, 1.82) is 0 Å². The number of anilines is 1. The van der Waals surface area contributed by atoms with Crippen molar-refractivity contribution in [2.45, 2.75) is 13.0 Å². The Balaban J connectivity index is 1.78. The molecule has 0 unspecified atom stereocenters. The van der Waals surface area contributed by atoms with Gasteiger partial charge in [-0.05, 0) is 12.1 Å². The van der Waals surface area contributed by atoms with Crippen LogP contribution in [0, 0.1) is 5.82 Å². The zero-order chi connectivity index (χ0) is 12.1. The summed E-state index contributed by atoms with van der Waals surface area (Å²) in [5.74, 6) is -0.258. The van der Waals surface area contributed by atoms with Crippen LogP contribution >= 0.6 is 11.3 Å². The summed E-state index contributed by atoms with van der Waals surface area (Å²) in [6.45, 7) is 1.30. The van der Waals surface area contributed by atoms with Gasteiger partial charge in [-0.1, -0.05) is 6.07 Å². The predicted molar refractivity (Wildman–Crippen MR) is 68.3 cm³/mol. The average Bonchev–Trinajstić information content (AvgIpc) is 2.79. The first-order valence-corrected chi connectivity index (χ1v) is 6.31. The van der Waals surface area contributed by atoms with Crippen molar-refractivity contribution < 1.29 is 4.39 Å². The molecule has 3 N–H and O–H groups in total. The van der Waals surface area contributed by atoms with E-state index in [0.717, 1.165) is 18.7 Å². The maximum Gasteiger partial charge on any atom is 0.129 e. The lowest BCUT2D eigenvalue weighted by Gasteiger charge is -2.05. The van der Waals surface area contributed by atoms with Crippen LogP contribution < -0.4 is 11.1 Å². The molecule has 1 aromatic heterocycles. The van der Waals surface area contributed by atoms with Gasteiger partial charge in [0, 0.05) is 36.1 Å². The number of hydrogen-bond acceptors (Lipinski definition) is 4. The zero-order valence-corrected chi connectivity index (χ0v) is 10.1. The molecule has 0 amide bonds. The highest BCUT2D eigenvalue weighted by Gasteiger charge is 2.02. The smallest absolute Gasteiger partial charge is 0.129 e. The third-order valence-corrected chi connectivity index (χ3v) is 3.07. The maximum absolute atomic E-state index is 13.4. The highest BCUT2D eigenvalue weighted by molar-refractivity contribution is 7.07. The third-order valence-electron chi connectivity index (χ3n) is 2.43. The minimum Gasteiger partial charge on any atom is -0.399 e. The Labute approximate surface area is 103 Å². The number of nitrogens with one attached hydrogen (secondary N) is 1. The Morgan fingerprint density at radius 3 is 3.00 bits per heavy atom. The highest BCUT2D eigenvalue weighted by Crippen LogP contribution is 2.11. The second kappa shape index (κ2) is 5.75. The quantitative estimate of drug-likeness (QED) is 0.632. The number of rotatable bonds is 5. The topological polar surface area (TPSA) is 50.9 Å². The van der Waals surface area contributed by atoms with E-state index >= 15 is 0 Å². The normalized spacial score (nSPS) is 10.6. The van der Waals surface area contributed by atoms with Crippen molar-refractivity contribution in [3.8, 4) is 0 Å². The first-order valence-electron chi connectivity index (χ1n) is 5.37. The van der Waals surface area contributed by atoms with E-state index in [1.54, 1.807) is 23.5 Å². The number of hydrogen-bond donors (Lipinski definition) is 2. The molecule has 1 heterocycles. The molecule has 0 aliphatic heterocycles. The number of halogens is 1. The lowest BCUT2D eigenvalue weighted by Crippen LogP contribution is -2.17. The van der Waals surface area contributed by atoms with Gasteiger partial charge in [-0.3, -0.25) is 0 Å². The van der Waals surface area contributed by atoms with Crippen molar-refractivity contribution >= 4 is 17.0 Å². The van der Waals surface area contributed by atoms with E-state index in [1.165, 1.54) is 6.07 Å². The summed E-state index contributed by atoms with van der Waals surface area (Å²) in [4.78, 5) is 4.18. The summed E-state index contributed by atoms with van der Waals surface area (Å²) in [6, 6.07) is 4.76. The molecule has 1 aromatic carbocycles. The van der Waals surface area contributed by atoms with Crippen LogP contribution in [-0.4, -0.2) is 11.5 Å². The van der Waals surface area contributed by atoms with Gasteiger partial charge in [0.05, 0.1) is 11.2 Å².